The Balaban J connectivity index is 0.00000363. The highest BCUT2D eigenvalue weighted by Gasteiger charge is 2.08. The first-order valence-electron chi connectivity index (χ1n) is 10.6. The molecule has 0 spiro atoms. The van der Waals surface area contributed by atoms with Crippen molar-refractivity contribution in [3.8, 4) is 11.1 Å². The summed E-state index contributed by atoms with van der Waals surface area (Å²) in [5.74, 6) is 0.138. The van der Waals surface area contributed by atoms with E-state index in [1.54, 1.807) is 12.1 Å². The Hall–Kier alpha value is -2.63. The number of carbonyl (C=O) groups excluding carboxylic acids is 2. The second kappa shape index (κ2) is 13.0. The topological polar surface area (TPSA) is 72.2 Å². The molecule has 0 aliphatic rings. The summed E-state index contributed by atoms with van der Waals surface area (Å²) >= 11 is 3.44. The first-order valence-corrected chi connectivity index (χ1v) is 11.4. The predicted octanol–water partition coefficient (Wildman–Crippen LogP) is 7.28. The molecule has 0 aromatic heterocycles. The van der Waals surface area contributed by atoms with Gasteiger partial charge in [0.1, 0.15) is 0 Å². The first-order chi connectivity index (χ1) is 15.0. The van der Waals surface area contributed by atoms with Crippen LogP contribution in [0.4, 0.5) is 11.4 Å². The van der Waals surface area contributed by atoms with Gasteiger partial charge in [0.25, 0.3) is 0 Å². The molecule has 3 rings (SSSR count). The summed E-state index contributed by atoms with van der Waals surface area (Å²) in [6, 6.07) is 23.2. The SMILES string of the molecule is Cl.Nc1ccccc1NC(=O)CCCCCCC(=O)c1ccc(-c2ccc(Br)cc2)cc1. The van der Waals surface area contributed by atoms with Crippen LogP contribution in [0.15, 0.2) is 77.3 Å². The van der Waals surface area contributed by atoms with E-state index in [2.05, 4.69) is 33.4 Å². The zero-order valence-electron chi connectivity index (χ0n) is 17.9. The molecule has 0 radical (unpaired) electrons. The number of amides is 1. The molecule has 168 valence electrons. The molecule has 0 saturated heterocycles. The summed E-state index contributed by atoms with van der Waals surface area (Å²) in [4.78, 5) is 24.4. The average molecular weight is 516 g/mol. The van der Waals surface area contributed by atoms with E-state index < -0.39 is 0 Å². The van der Waals surface area contributed by atoms with Crippen LogP contribution in [-0.2, 0) is 4.79 Å². The minimum atomic E-state index is -0.0279. The van der Waals surface area contributed by atoms with Crippen molar-refractivity contribution >= 4 is 51.4 Å². The fraction of sp³-hybridized carbons (Fsp3) is 0.231. The lowest BCUT2D eigenvalue weighted by molar-refractivity contribution is -0.116. The van der Waals surface area contributed by atoms with E-state index in [0.29, 0.717) is 24.2 Å². The van der Waals surface area contributed by atoms with E-state index in [4.69, 9.17) is 5.73 Å². The van der Waals surface area contributed by atoms with Crippen LogP contribution >= 0.6 is 28.3 Å². The molecule has 3 N–H and O–H groups in total. The van der Waals surface area contributed by atoms with Crippen LogP contribution in [0, 0.1) is 0 Å². The van der Waals surface area contributed by atoms with Gasteiger partial charge in [-0.05, 0) is 48.2 Å². The average Bonchev–Trinajstić information content (AvgIpc) is 2.78. The normalized spacial score (nSPS) is 10.3. The highest BCUT2D eigenvalue weighted by atomic mass is 79.9. The van der Waals surface area contributed by atoms with E-state index in [1.807, 2.05) is 48.5 Å². The molecule has 0 atom stereocenters. The molecular formula is C26H28BrClN2O2. The summed E-state index contributed by atoms with van der Waals surface area (Å²) < 4.78 is 1.05. The molecule has 0 aliphatic heterocycles. The molecule has 0 saturated carbocycles. The van der Waals surface area contributed by atoms with Crippen LogP contribution in [-0.4, -0.2) is 11.7 Å². The molecule has 0 heterocycles. The molecule has 4 nitrogen and oxygen atoms in total. The van der Waals surface area contributed by atoms with E-state index >= 15 is 0 Å². The van der Waals surface area contributed by atoms with Gasteiger partial charge in [-0.3, -0.25) is 9.59 Å². The third-order valence-electron chi connectivity index (χ3n) is 5.18. The van der Waals surface area contributed by atoms with Gasteiger partial charge in [0.05, 0.1) is 11.4 Å². The van der Waals surface area contributed by atoms with Crippen LogP contribution in [0.25, 0.3) is 11.1 Å². The third kappa shape index (κ3) is 7.81. The molecular weight excluding hydrogens is 488 g/mol. The minimum Gasteiger partial charge on any atom is -0.397 e. The number of para-hydroxylation sites is 2. The predicted molar refractivity (Wildman–Crippen MR) is 138 cm³/mol. The van der Waals surface area contributed by atoms with Gasteiger partial charge in [-0.2, -0.15) is 0 Å². The van der Waals surface area contributed by atoms with Crippen molar-refractivity contribution in [1.82, 2.24) is 0 Å². The smallest absolute Gasteiger partial charge is 0.224 e. The molecule has 0 bridgehead atoms. The lowest BCUT2D eigenvalue weighted by atomic mass is 10.00. The van der Waals surface area contributed by atoms with Gasteiger partial charge < -0.3 is 11.1 Å². The number of Topliss-reactive ketones (excluding diaryl/α,β-unsaturated/α-hetero) is 1. The van der Waals surface area contributed by atoms with Gasteiger partial charge in [-0.25, -0.2) is 0 Å². The van der Waals surface area contributed by atoms with E-state index in [9.17, 15) is 9.59 Å². The number of halogens is 2. The van der Waals surface area contributed by atoms with Crippen LogP contribution in [0.5, 0.6) is 0 Å². The van der Waals surface area contributed by atoms with Gasteiger partial charge in [0.15, 0.2) is 5.78 Å². The van der Waals surface area contributed by atoms with Crippen LogP contribution in [0.3, 0.4) is 0 Å². The Morgan fingerprint density at radius 1 is 0.750 bits per heavy atom. The molecule has 3 aromatic carbocycles. The number of unbranched alkanes of at least 4 members (excludes halogenated alkanes) is 3. The van der Waals surface area contributed by atoms with Gasteiger partial charge in [-0.15, -0.1) is 12.4 Å². The molecule has 3 aromatic rings. The highest BCUT2D eigenvalue weighted by molar-refractivity contribution is 9.10. The van der Waals surface area contributed by atoms with E-state index in [-0.39, 0.29) is 24.1 Å². The quantitative estimate of drug-likeness (QED) is 0.169. The number of benzene rings is 3. The van der Waals surface area contributed by atoms with Crippen molar-refractivity contribution in [2.45, 2.75) is 38.5 Å². The maximum absolute atomic E-state index is 12.4. The van der Waals surface area contributed by atoms with Crippen LogP contribution in [0.2, 0.25) is 0 Å². The standard InChI is InChI=1S/C26H27BrN2O2.ClH/c27-22-17-15-20(16-18-22)19-11-13-21(14-12-19)25(30)9-3-1-2-4-10-26(31)29-24-8-6-5-7-23(24)28;/h5-8,11-18H,1-4,9-10,28H2,(H,29,31);1H. The molecule has 32 heavy (non-hydrogen) atoms. The van der Waals surface area contributed by atoms with Crippen LogP contribution in [0.1, 0.15) is 48.9 Å². The minimum absolute atomic E-state index is 0. The van der Waals surface area contributed by atoms with E-state index in [0.717, 1.165) is 46.8 Å². The van der Waals surface area contributed by atoms with Crippen molar-refractivity contribution in [2.24, 2.45) is 0 Å². The summed E-state index contributed by atoms with van der Waals surface area (Å²) in [6.45, 7) is 0. The molecule has 0 unspecified atom stereocenters. The monoisotopic (exact) mass is 514 g/mol. The Bertz CT molecular complexity index is 1020. The number of nitrogens with one attached hydrogen (secondary N) is 1. The first kappa shape index (κ1) is 25.6. The molecule has 0 aliphatic carbocycles. The lowest BCUT2D eigenvalue weighted by Gasteiger charge is -2.07. The summed E-state index contributed by atoms with van der Waals surface area (Å²) in [6.07, 6.45) is 4.48. The lowest BCUT2D eigenvalue weighted by Crippen LogP contribution is -2.12. The number of carbonyl (C=O) groups is 2. The Morgan fingerprint density at radius 3 is 1.94 bits per heavy atom. The Labute approximate surface area is 204 Å². The zero-order chi connectivity index (χ0) is 22.1. The van der Waals surface area contributed by atoms with Crippen molar-refractivity contribution in [3.63, 3.8) is 0 Å². The fourth-order valence-electron chi connectivity index (χ4n) is 3.38. The van der Waals surface area contributed by atoms with Gasteiger partial charge in [0, 0.05) is 22.9 Å². The van der Waals surface area contributed by atoms with Gasteiger partial charge >= 0.3 is 0 Å². The molecule has 0 fully saturated rings. The number of anilines is 2. The van der Waals surface area contributed by atoms with Crippen molar-refractivity contribution in [2.75, 3.05) is 11.1 Å². The molecule has 1 amide bonds. The van der Waals surface area contributed by atoms with E-state index in [1.165, 1.54) is 0 Å². The summed E-state index contributed by atoms with van der Waals surface area (Å²) in [7, 11) is 0. The number of hydrogen-bond acceptors (Lipinski definition) is 3. The second-order valence-electron chi connectivity index (χ2n) is 7.56. The third-order valence-corrected chi connectivity index (χ3v) is 5.71. The number of nitrogen functional groups attached to an aromatic ring is 1. The Kier molecular flexibility index (Phi) is 10.4. The fourth-order valence-corrected chi connectivity index (χ4v) is 3.65. The van der Waals surface area contributed by atoms with Crippen molar-refractivity contribution < 1.29 is 9.59 Å². The largest absolute Gasteiger partial charge is 0.397 e. The second-order valence-corrected chi connectivity index (χ2v) is 8.47. The van der Waals surface area contributed by atoms with Crippen LogP contribution < -0.4 is 11.1 Å². The maximum Gasteiger partial charge on any atom is 0.224 e. The summed E-state index contributed by atoms with van der Waals surface area (Å²) in [5.41, 5.74) is 10.0. The number of ketones is 1. The molecule has 6 heteroatoms. The van der Waals surface area contributed by atoms with Gasteiger partial charge in [-0.1, -0.05) is 77.3 Å². The number of nitrogens with two attached hydrogens (primary N) is 1. The highest BCUT2D eigenvalue weighted by Crippen LogP contribution is 2.23. The number of rotatable bonds is 10. The van der Waals surface area contributed by atoms with Crippen molar-refractivity contribution in [3.05, 3.63) is 82.8 Å². The number of hydrogen-bond donors (Lipinski definition) is 2. The van der Waals surface area contributed by atoms with Gasteiger partial charge in [0.2, 0.25) is 5.91 Å². The van der Waals surface area contributed by atoms with Crippen molar-refractivity contribution in [1.29, 1.82) is 0 Å². The zero-order valence-corrected chi connectivity index (χ0v) is 20.3. The Morgan fingerprint density at radius 2 is 1.31 bits per heavy atom. The maximum atomic E-state index is 12.4. The summed E-state index contributed by atoms with van der Waals surface area (Å²) in [5, 5.41) is 2.84.